The minimum atomic E-state index is -0.258. The molecule has 2 atom stereocenters. The fraction of sp³-hybridized carbons (Fsp3) is 0.571. The number of hydrogen-bond donors (Lipinski definition) is 2. The highest BCUT2D eigenvalue weighted by atomic mass is 16.5. The molecule has 1 aromatic rings. The Bertz CT molecular complexity index is 326. The third-order valence-electron chi connectivity index (χ3n) is 2.75. The Morgan fingerprint density at radius 3 is 2.47 bits per heavy atom. The van der Waals surface area contributed by atoms with E-state index in [1.54, 1.807) is 7.11 Å². The lowest BCUT2D eigenvalue weighted by Gasteiger charge is -2.16. The molecule has 0 spiro atoms. The molecule has 0 fully saturated rings. The molecule has 3 heteroatoms. The van der Waals surface area contributed by atoms with Crippen LogP contribution in [-0.2, 0) is 17.9 Å². The van der Waals surface area contributed by atoms with Crippen LogP contribution < -0.4 is 5.32 Å². The van der Waals surface area contributed by atoms with E-state index in [-0.39, 0.29) is 6.10 Å². The predicted octanol–water partition coefficient (Wildman–Crippen LogP) is 2.08. The molecule has 0 saturated carbocycles. The van der Waals surface area contributed by atoms with Gasteiger partial charge in [0.1, 0.15) is 0 Å². The largest absolute Gasteiger partial charge is 0.393 e. The summed E-state index contributed by atoms with van der Waals surface area (Å²) in [5.41, 5.74) is 2.47. The molecule has 0 aromatic heterocycles. The lowest BCUT2D eigenvalue weighted by molar-refractivity contribution is 0.170. The number of benzene rings is 1. The van der Waals surface area contributed by atoms with Crippen molar-refractivity contribution in [1.82, 2.24) is 5.32 Å². The highest BCUT2D eigenvalue weighted by Gasteiger charge is 2.07. The predicted molar refractivity (Wildman–Crippen MR) is 69.8 cm³/mol. The standard InChI is InChI=1S/C14H23NO2/c1-11(8-12(2)16)15-9-13-6-4-5-7-14(13)10-17-3/h4-7,11-12,15-16H,8-10H2,1-3H3. The molecule has 0 bridgehead atoms. The van der Waals surface area contributed by atoms with Gasteiger partial charge in [-0.2, -0.15) is 0 Å². The molecule has 0 aliphatic heterocycles. The highest BCUT2D eigenvalue weighted by Crippen LogP contribution is 2.10. The summed E-state index contributed by atoms with van der Waals surface area (Å²) in [6.45, 7) is 5.36. The third-order valence-corrected chi connectivity index (χ3v) is 2.75. The van der Waals surface area contributed by atoms with Gasteiger partial charge in [0, 0.05) is 19.7 Å². The molecule has 96 valence electrons. The maximum absolute atomic E-state index is 9.30. The Hall–Kier alpha value is -0.900. The molecule has 0 aliphatic rings. The zero-order valence-corrected chi connectivity index (χ0v) is 10.9. The van der Waals surface area contributed by atoms with Crippen LogP contribution in [0.1, 0.15) is 31.4 Å². The van der Waals surface area contributed by atoms with Gasteiger partial charge in [-0.25, -0.2) is 0 Å². The second-order valence-corrected chi connectivity index (χ2v) is 4.57. The second-order valence-electron chi connectivity index (χ2n) is 4.57. The van der Waals surface area contributed by atoms with Crippen molar-refractivity contribution in [2.24, 2.45) is 0 Å². The van der Waals surface area contributed by atoms with E-state index in [1.165, 1.54) is 11.1 Å². The summed E-state index contributed by atoms with van der Waals surface area (Å²) in [6, 6.07) is 8.56. The average molecular weight is 237 g/mol. The van der Waals surface area contributed by atoms with Crippen LogP contribution in [0.3, 0.4) is 0 Å². The average Bonchev–Trinajstić information content (AvgIpc) is 2.27. The van der Waals surface area contributed by atoms with E-state index >= 15 is 0 Å². The quantitative estimate of drug-likeness (QED) is 0.763. The number of rotatable bonds is 7. The smallest absolute Gasteiger partial charge is 0.0716 e. The zero-order valence-electron chi connectivity index (χ0n) is 10.9. The van der Waals surface area contributed by atoms with Gasteiger partial charge in [0.05, 0.1) is 12.7 Å². The third kappa shape index (κ3) is 5.31. The molecule has 3 nitrogen and oxygen atoms in total. The number of aliphatic hydroxyl groups is 1. The topological polar surface area (TPSA) is 41.5 Å². The van der Waals surface area contributed by atoms with Crippen LogP contribution in [0.15, 0.2) is 24.3 Å². The summed E-state index contributed by atoms with van der Waals surface area (Å²) in [5, 5.41) is 12.7. The zero-order chi connectivity index (χ0) is 12.7. The number of ether oxygens (including phenoxy) is 1. The monoisotopic (exact) mass is 237 g/mol. The van der Waals surface area contributed by atoms with E-state index in [4.69, 9.17) is 4.74 Å². The van der Waals surface area contributed by atoms with Crippen molar-refractivity contribution >= 4 is 0 Å². The van der Waals surface area contributed by atoms with Crippen LogP contribution in [0.2, 0.25) is 0 Å². The first kappa shape index (κ1) is 14.2. The Morgan fingerprint density at radius 2 is 1.88 bits per heavy atom. The van der Waals surface area contributed by atoms with Crippen LogP contribution in [0, 0.1) is 0 Å². The number of nitrogens with one attached hydrogen (secondary N) is 1. The Balaban J connectivity index is 2.50. The molecule has 0 saturated heterocycles. The van der Waals surface area contributed by atoms with E-state index in [0.717, 1.165) is 13.0 Å². The summed E-state index contributed by atoms with van der Waals surface area (Å²) in [6.07, 6.45) is 0.513. The summed E-state index contributed by atoms with van der Waals surface area (Å²) in [7, 11) is 1.71. The fourth-order valence-electron chi connectivity index (χ4n) is 1.91. The Labute approximate surface area is 104 Å². The summed E-state index contributed by atoms with van der Waals surface area (Å²) >= 11 is 0. The maximum Gasteiger partial charge on any atom is 0.0716 e. The molecule has 17 heavy (non-hydrogen) atoms. The van der Waals surface area contributed by atoms with Gasteiger partial charge in [0.2, 0.25) is 0 Å². The molecule has 0 aliphatic carbocycles. The normalized spacial score (nSPS) is 14.6. The van der Waals surface area contributed by atoms with E-state index in [2.05, 4.69) is 24.4 Å². The molecular weight excluding hydrogens is 214 g/mol. The van der Waals surface area contributed by atoms with Gasteiger partial charge >= 0.3 is 0 Å². The number of hydrogen-bond acceptors (Lipinski definition) is 3. The van der Waals surface area contributed by atoms with Gasteiger partial charge in [-0.3, -0.25) is 0 Å². The first-order valence-electron chi connectivity index (χ1n) is 6.10. The molecule has 1 rings (SSSR count). The van der Waals surface area contributed by atoms with Crippen LogP contribution in [0.5, 0.6) is 0 Å². The lowest BCUT2D eigenvalue weighted by atomic mass is 10.1. The van der Waals surface area contributed by atoms with E-state index < -0.39 is 0 Å². The number of aliphatic hydroxyl groups excluding tert-OH is 1. The van der Waals surface area contributed by atoms with Crippen LogP contribution in [0.25, 0.3) is 0 Å². The highest BCUT2D eigenvalue weighted by molar-refractivity contribution is 5.26. The van der Waals surface area contributed by atoms with Gasteiger partial charge in [0.15, 0.2) is 0 Å². The molecular formula is C14H23NO2. The summed E-state index contributed by atoms with van der Waals surface area (Å²) in [5.74, 6) is 0. The van der Waals surface area contributed by atoms with E-state index in [0.29, 0.717) is 12.6 Å². The van der Waals surface area contributed by atoms with Crippen LogP contribution >= 0.6 is 0 Å². The van der Waals surface area contributed by atoms with Crippen molar-refractivity contribution in [3.05, 3.63) is 35.4 Å². The molecule has 2 unspecified atom stereocenters. The molecule has 1 aromatic carbocycles. The van der Waals surface area contributed by atoms with Crippen LogP contribution in [-0.4, -0.2) is 24.4 Å². The van der Waals surface area contributed by atoms with E-state index in [9.17, 15) is 5.11 Å². The minimum Gasteiger partial charge on any atom is -0.393 e. The Morgan fingerprint density at radius 1 is 1.24 bits per heavy atom. The van der Waals surface area contributed by atoms with Gasteiger partial charge < -0.3 is 15.2 Å². The van der Waals surface area contributed by atoms with Crippen molar-refractivity contribution in [3.63, 3.8) is 0 Å². The van der Waals surface area contributed by atoms with Gasteiger partial charge in [-0.05, 0) is 31.4 Å². The van der Waals surface area contributed by atoms with E-state index in [1.807, 2.05) is 19.1 Å². The molecule has 0 amide bonds. The second kappa shape index (κ2) is 7.43. The van der Waals surface area contributed by atoms with Gasteiger partial charge in [-0.1, -0.05) is 24.3 Å². The van der Waals surface area contributed by atoms with Crippen LogP contribution in [0.4, 0.5) is 0 Å². The van der Waals surface area contributed by atoms with Crippen molar-refractivity contribution in [3.8, 4) is 0 Å². The molecule has 0 radical (unpaired) electrons. The molecule has 2 N–H and O–H groups in total. The fourth-order valence-corrected chi connectivity index (χ4v) is 1.91. The number of methoxy groups -OCH3 is 1. The van der Waals surface area contributed by atoms with Crippen molar-refractivity contribution < 1.29 is 9.84 Å². The summed E-state index contributed by atoms with van der Waals surface area (Å²) in [4.78, 5) is 0. The first-order chi connectivity index (χ1) is 8.13. The maximum atomic E-state index is 9.30. The van der Waals surface area contributed by atoms with Crippen molar-refractivity contribution in [2.45, 2.75) is 45.6 Å². The minimum absolute atomic E-state index is 0.258. The van der Waals surface area contributed by atoms with Crippen molar-refractivity contribution in [2.75, 3.05) is 7.11 Å². The summed E-state index contributed by atoms with van der Waals surface area (Å²) < 4.78 is 5.17. The SMILES string of the molecule is COCc1ccccc1CNC(C)CC(C)O. The Kier molecular flexibility index (Phi) is 6.19. The lowest BCUT2D eigenvalue weighted by Crippen LogP contribution is -2.29. The van der Waals surface area contributed by atoms with Gasteiger partial charge in [0.25, 0.3) is 0 Å². The molecule has 0 heterocycles. The van der Waals surface area contributed by atoms with Crippen molar-refractivity contribution in [1.29, 1.82) is 0 Å². The first-order valence-corrected chi connectivity index (χ1v) is 6.10. The van der Waals surface area contributed by atoms with Gasteiger partial charge in [-0.15, -0.1) is 0 Å².